The number of hydrogen-bond acceptors (Lipinski definition) is 4. The number of halogens is 2. The van der Waals surface area contributed by atoms with Crippen LogP contribution in [-0.2, 0) is 0 Å². The summed E-state index contributed by atoms with van der Waals surface area (Å²) in [7, 11) is 0. The lowest BCUT2D eigenvalue weighted by Gasteiger charge is -2.23. The van der Waals surface area contributed by atoms with E-state index in [2.05, 4.69) is 16.8 Å². The van der Waals surface area contributed by atoms with Crippen LogP contribution in [0.15, 0.2) is 36.5 Å². The summed E-state index contributed by atoms with van der Waals surface area (Å²) in [6, 6.07) is 6.90. The molecule has 6 heteroatoms. The molecular formula is C21H24F2N2O2. The number of rotatable bonds is 5. The third-order valence-electron chi connectivity index (χ3n) is 5.73. The Kier molecular flexibility index (Phi) is 5.00. The Hall–Kier alpha value is -2.21. The van der Waals surface area contributed by atoms with Gasteiger partial charge in [-0.2, -0.15) is 0 Å². The van der Waals surface area contributed by atoms with Crippen molar-refractivity contribution in [2.24, 2.45) is 11.8 Å². The molecule has 1 aromatic carbocycles. The molecule has 0 spiro atoms. The molecule has 4 nitrogen and oxygen atoms in total. The summed E-state index contributed by atoms with van der Waals surface area (Å²) < 4.78 is 32.5. The quantitative estimate of drug-likeness (QED) is 0.861. The van der Waals surface area contributed by atoms with E-state index >= 15 is 0 Å². The third kappa shape index (κ3) is 4.21. The minimum Gasteiger partial charge on any atom is -0.506 e. The Morgan fingerprint density at radius 3 is 2.41 bits per heavy atom. The standard InChI is InChI=1S/C21H24F2N2O2/c1-13(21-3-2-18(26)9-24-21)10-25-11-14-4-19(5-15(14)12-25)27-20-7-16(22)6-17(23)8-20/h2-3,6-9,13-15,19,26H,4-5,10-12H2,1H3/t13?,14-,15+,19?. The predicted octanol–water partition coefficient (Wildman–Crippen LogP) is 3.96. The van der Waals surface area contributed by atoms with Crippen molar-refractivity contribution in [3.8, 4) is 11.5 Å². The van der Waals surface area contributed by atoms with Crippen LogP contribution < -0.4 is 4.74 Å². The SMILES string of the molecule is CC(CN1C[C@H]2CC(Oc3cc(F)cc(F)c3)C[C@H]2C1)c1ccc(O)cn1. The molecule has 27 heavy (non-hydrogen) atoms. The average molecular weight is 374 g/mol. The van der Waals surface area contributed by atoms with E-state index in [1.165, 1.54) is 18.3 Å². The molecule has 0 radical (unpaired) electrons. The number of benzene rings is 1. The van der Waals surface area contributed by atoms with Crippen LogP contribution in [0.5, 0.6) is 11.5 Å². The summed E-state index contributed by atoms with van der Waals surface area (Å²) >= 11 is 0. The molecule has 1 aliphatic heterocycles. The van der Waals surface area contributed by atoms with E-state index in [9.17, 15) is 13.9 Å². The highest BCUT2D eigenvalue weighted by atomic mass is 19.1. The molecule has 1 saturated heterocycles. The molecule has 2 fully saturated rings. The number of likely N-dealkylation sites (tertiary alicyclic amines) is 1. The van der Waals surface area contributed by atoms with Crippen molar-refractivity contribution in [1.29, 1.82) is 0 Å². The zero-order chi connectivity index (χ0) is 19.0. The lowest BCUT2D eigenvalue weighted by Crippen LogP contribution is -2.28. The van der Waals surface area contributed by atoms with Gasteiger partial charge >= 0.3 is 0 Å². The number of aromatic nitrogens is 1. The summed E-state index contributed by atoms with van der Waals surface area (Å²) in [6.45, 7) is 5.12. The van der Waals surface area contributed by atoms with Gasteiger partial charge in [-0.1, -0.05) is 6.92 Å². The number of fused-ring (bicyclic) bond motifs is 1. The molecule has 0 amide bonds. The van der Waals surface area contributed by atoms with E-state index in [0.717, 1.165) is 44.2 Å². The minimum absolute atomic E-state index is 0.0274. The number of ether oxygens (including phenoxy) is 1. The topological polar surface area (TPSA) is 45.6 Å². The van der Waals surface area contributed by atoms with E-state index in [0.29, 0.717) is 17.8 Å². The Bertz CT molecular complexity index is 765. The Labute approximate surface area is 157 Å². The summed E-state index contributed by atoms with van der Waals surface area (Å²) in [4.78, 5) is 6.77. The fourth-order valence-corrected chi connectivity index (χ4v) is 4.55. The zero-order valence-electron chi connectivity index (χ0n) is 15.3. The maximum Gasteiger partial charge on any atom is 0.133 e. The maximum absolute atomic E-state index is 13.3. The normalized spacial score (nSPS) is 26.1. The van der Waals surface area contributed by atoms with Gasteiger partial charge in [0.2, 0.25) is 0 Å². The summed E-state index contributed by atoms with van der Waals surface area (Å²) in [5.74, 6) is 0.679. The first-order valence-electron chi connectivity index (χ1n) is 9.46. The average Bonchev–Trinajstić information content (AvgIpc) is 3.12. The van der Waals surface area contributed by atoms with Gasteiger partial charge in [-0.3, -0.25) is 4.98 Å². The van der Waals surface area contributed by atoms with Crippen LogP contribution in [0.1, 0.15) is 31.4 Å². The van der Waals surface area contributed by atoms with Crippen molar-refractivity contribution in [3.05, 3.63) is 53.9 Å². The van der Waals surface area contributed by atoms with Gasteiger partial charge in [0.15, 0.2) is 0 Å². The minimum atomic E-state index is -0.605. The van der Waals surface area contributed by atoms with Crippen LogP contribution >= 0.6 is 0 Å². The summed E-state index contributed by atoms with van der Waals surface area (Å²) in [5, 5.41) is 9.37. The van der Waals surface area contributed by atoms with Gasteiger partial charge in [0.25, 0.3) is 0 Å². The van der Waals surface area contributed by atoms with Crippen molar-refractivity contribution in [2.45, 2.75) is 31.8 Å². The molecular weight excluding hydrogens is 350 g/mol. The van der Waals surface area contributed by atoms with Crippen molar-refractivity contribution in [3.63, 3.8) is 0 Å². The highest BCUT2D eigenvalue weighted by Crippen LogP contribution is 2.40. The van der Waals surface area contributed by atoms with E-state index in [1.54, 1.807) is 6.07 Å². The van der Waals surface area contributed by atoms with Crippen LogP contribution in [0.25, 0.3) is 0 Å². The van der Waals surface area contributed by atoms with Crippen molar-refractivity contribution in [2.75, 3.05) is 19.6 Å². The highest BCUT2D eigenvalue weighted by Gasteiger charge is 2.42. The van der Waals surface area contributed by atoms with Gasteiger partial charge in [0.05, 0.1) is 12.3 Å². The summed E-state index contributed by atoms with van der Waals surface area (Å²) in [6.07, 6.45) is 3.36. The Balaban J connectivity index is 1.29. The van der Waals surface area contributed by atoms with Crippen molar-refractivity contribution >= 4 is 0 Å². The molecule has 1 aromatic heterocycles. The molecule has 144 valence electrons. The second-order valence-electron chi connectivity index (χ2n) is 7.90. The first kappa shape index (κ1) is 18.2. The first-order chi connectivity index (χ1) is 13.0. The van der Waals surface area contributed by atoms with Crippen LogP contribution in [0.2, 0.25) is 0 Å². The molecule has 0 bridgehead atoms. The molecule has 2 heterocycles. The maximum atomic E-state index is 13.3. The zero-order valence-corrected chi connectivity index (χ0v) is 15.3. The highest BCUT2D eigenvalue weighted by molar-refractivity contribution is 5.24. The summed E-state index contributed by atoms with van der Waals surface area (Å²) in [5.41, 5.74) is 0.985. The van der Waals surface area contributed by atoms with Crippen molar-refractivity contribution < 1.29 is 18.6 Å². The molecule has 2 aromatic rings. The van der Waals surface area contributed by atoms with Gasteiger partial charge in [-0.15, -0.1) is 0 Å². The lowest BCUT2D eigenvalue weighted by molar-refractivity contribution is 0.183. The second kappa shape index (κ2) is 7.43. The van der Waals surface area contributed by atoms with Crippen LogP contribution in [0.4, 0.5) is 8.78 Å². The van der Waals surface area contributed by atoms with Gasteiger partial charge in [0, 0.05) is 49.4 Å². The van der Waals surface area contributed by atoms with Gasteiger partial charge in [-0.25, -0.2) is 8.78 Å². The number of hydrogen-bond donors (Lipinski definition) is 1. The molecule has 4 rings (SSSR count). The van der Waals surface area contributed by atoms with Crippen LogP contribution in [0.3, 0.4) is 0 Å². The molecule has 1 saturated carbocycles. The molecule has 1 aliphatic carbocycles. The molecule has 1 N–H and O–H groups in total. The van der Waals surface area contributed by atoms with Crippen LogP contribution in [0, 0.1) is 23.5 Å². The predicted molar refractivity (Wildman–Crippen MR) is 97.7 cm³/mol. The fraction of sp³-hybridized carbons (Fsp3) is 0.476. The molecule has 4 atom stereocenters. The van der Waals surface area contributed by atoms with E-state index in [-0.39, 0.29) is 17.6 Å². The van der Waals surface area contributed by atoms with Gasteiger partial charge < -0.3 is 14.7 Å². The first-order valence-corrected chi connectivity index (χ1v) is 9.46. The lowest BCUT2D eigenvalue weighted by atomic mass is 10.0. The van der Waals surface area contributed by atoms with Crippen molar-refractivity contribution in [1.82, 2.24) is 9.88 Å². The molecule has 2 unspecified atom stereocenters. The smallest absolute Gasteiger partial charge is 0.133 e. The van der Waals surface area contributed by atoms with E-state index in [4.69, 9.17) is 4.74 Å². The second-order valence-corrected chi connectivity index (χ2v) is 7.90. The fourth-order valence-electron chi connectivity index (χ4n) is 4.55. The molecule has 2 aliphatic rings. The Morgan fingerprint density at radius 1 is 1.15 bits per heavy atom. The van der Waals surface area contributed by atoms with Gasteiger partial charge in [0.1, 0.15) is 23.1 Å². The third-order valence-corrected chi connectivity index (χ3v) is 5.73. The number of aromatic hydroxyl groups is 1. The largest absolute Gasteiger partial charge is 0.506 e. The van der Waals surface area contributed by atoms with E-state index in [1.807, 2.05) is 6.07 Å². The van der Waals surface area contributed by atoms with Crippen LogP contribution in [-0.4, -0.2) is 40.7 Å². The Morgan fingerprint density at radius 2 is 1.81 bits per heavy atom. The van der Waals surface area contributed by atoms with E-state index < -0.39 is 11.6 Å². The monoisotopic (exact) mass is 374 g/mol. The number of nitrogens with zero attached hydrogens (tertiary/aromatic N) is 2. The van der Waals surface area contributed by atoms with Gasteiger partial charge in [-0.05, 0) is 36.8 Å². The number of pyridine rings is 1.